The summed E-state index contributed by atoms with van der Waals surface area (Å²) in [6.07, 6.45) is 1.94. The first kappa shape index (κ1) is 14.0. The zero-order valence-corrected chi connectivity index (χ0v) is 12.4. The van der Waals surface area contributed by atoms with Gasteiger partial charge in [0.2, 0.25) is 0 Å². The van der Waals surface area contributed by atoms with Gasteiger partial charge in [0.1, 0.15) is 11.3 Å². The van der Waals surface area contributed by atoms with Crippen molar-refractivity contribution in [1.29, 1.82) is 0 Å². The van der Waals surface area contributed by atoms with E-state index in [-0.39, 0.29) is 5.91 Å². The predicted octanol–water partition coefficient (Wildman–Crippen LogP) is 3.92. The highest BCUT2D eigenvalue weighted by Gasteiger charge is 2.18. The van der Waals surface area contributed by atoms with Gasteiger partial charge >= 0.3 is 0 Å². The zero-order valence-electron chi connectivity index (χ0n) is 10.8. The van der Waals surface area contributed by atoms with Gasteiger partial charge in [-0.15, -0.1) is 11.8 Å². The Hall–Kier alpha value is -1.46. The number of nitrogens with one attached hydrogen (secondary N) is 1. The Kier molecular flexibility index (Phi) is 4.17. The van der Waals surface area contributed by atoms with Crippen molar-refractivity contribution in [3.8, 4) is 0 Å². The van der Waals surface area contributed by atoms with Crippen molar-refractivity contribution in [3.63, 3.8) is 0 Å². The largest absolute Gasteiger partial charge is 0.361 e. The highest BCUT2D eigenvalue weighted by Crippen LogP contribution is 2.29. The van der Waals surface area contributed by atoms with Gasteiger partial charge in [-0.2, -0.15) is 0 Å². The molecule has 0 bridgehead atoms. The molecule has 0 aliphatic rings. The van der Waals surface area contributed by atoms with Crippen LogP contribution in [0.5, 0.6) is 0 Å². The number of aromatic nitrogens is 1. The third-order valence-electron chi connectivity index (χ3n) is 2.67. The maximum atomic E-state index is 12.2. The first-order valence-corrected chi connectivity index (χ1v) is 7.21. The van der Waals surface area contributed by atoms with Crippen molar-refractivity contribution >= 4 is 35.0 Å². The summed E-state index contributed by atoms with van der Waals surface area (Å²) < 4.78 is 4.99. The van der Waals surface area contributed by atoms with E-state index in [1.807, 2.05) is 12.3 Å². The van der Waals surface area contributed by atoms with Crippen LogP contribution in [0.2, 0.25) is 5.02 Å². The molecule has 6 heteroatoms. The minimum Gasteiger partial charge on any atom is -0.361 e. The van der Waals surface area contributed by atoms with Crippen molar-refractivity contribution in [2.45, 2.75) is 18.7 Å². The average Bonchev–Trinajstić information content (AvgIpc) is 2.69. The van der Waals surface area contributed by atoms with Gasteiger partial charge in [-0.1, -0.05) is 16.8 Å². The lowest BCUT2D eigenvalue weighted by atomic mass is 10.2. The monoisotopic (exact) mass is 296 g/mol. The molecule has 0 radical (unpaired) electrons. The SMILES string of the molecule is CSc1ccc(Cl)cc1NC(=O)c1c(C)noc1C. The zero-order chi connectivity index (χ0) is 14.0. The van der Waals surface area contributed by atoms with Crippen LogP contribution in [0.4, 0.5) is 5.69 Å². The Labute approximate surface area is 120 Å². The van der Waals surface area contributed by atoms with E-state index in [1.54, 1.807) is 26.0 Å². The second-order valence-corrected chi connectivity index (χ2v) is 5.28. The minimum absolute atomic E-state index is 0.242. The van der Waals surface area contributed by atoms with E-state index in [9.17, 15) is 4.79 Å². The van der Waals surface area contributed by atoms with E-state index in [0.29, 0.717) is 27.7 Å². The number of nitrogens with zero attached hydrogens (tertiary/aromatic N) is 1. The standard InChI is InChI=1S/C13H13ClN2O2S/c1-7-12(8(2)18-16-7)13(17)15-10-6-9(14)4-5-11(10)19-3/h4-6H,1-3H3,(H,15,17). The van der Waals surface area contributed by atoms with Crippen LogP contribution in [-0.2, 0) is 0 Å². The van der Waals surface area contributed by atoms with Crippen LogP contribution in [0.25, 0.3) is 0 Å². The summed E-state index contributed by atoms with van der Waals surface area (Å²) in [7, 11) is 0. The van der Waals surface area contributed by atoms with E-state index in [4.69, 9.17) is 16.1 Å². The fourth-order valence-electron chi connectivity index (χ4n) is 1.77. The summed E-state index contributed by atoms with van der Waals surface area (Å²) in [6, 6.07) is 5.39. The maximum Gasteiger partial charge on any atom is 0.261 e. The van der Waals surface area contributed by atoms with Crippen LogP contribution >= 0.6 is 23.4 Å². The Morgan fingerprint density at radius 2 is 2.16 bits per heavy atom. The average molecular weight is 297 g/mol. The molecule has 0 saturated carbocycles. The van der Waals surface area contributed by atoms with Crippen LogP contribution < -0.4 is 5.32 Å². The molecule has 0 aliphatic heterocycles. The molecular weight excluding hydrogens is 284 g/mol. The third-order valence-corrected chi connectivity index (χ3v) is 3.70. The summed E-state index contributed by atoms with van der Waals surface area (Å²) in [6.45, 7) is 3.45. The predicted molar refractivity (Wildman–Crippen MR) is 77.2 cm³/mol. The lowest BCUT2D eigenvalue weighted by Gasteiger charge is -2.09. The summed E-state index contributed by atoms with van der Waals surface area (Å²) in [5.41, 5.74) is 1.72. The number of thioether (sulfide) groups is 1. The van der Waals surface area contributed by atoms with Crippen LogP contribution in [-0.4, -0.2) is 17.3 Å². The number of rotatable bonds is 3. The number of benzene rings is 1. The van der Waals surface area contributed by atoms with Gasteiger partial charge in [-0.05, 0) is 38.3 Å². The van der Waals surface area contributed by atoms with Crippen molar-refractivity contribution in [2.24, 2.45) is 0 Å². The number of aryl methyl sites for hydroxylation is 2. The Balaban J connectivity index is 2.31. The molecule has 1 amide bonds. The fourth-order valence-corrected chi connectivity index (χ4v) is 2.48. The van der Waals surface area contributed by atoms with Gasteiger partial charge in [-0.3, -0.25) is 4.79 Å². The molecule has 0 fully saturated rings. The fraction of sp³-hybridized carbons (Fsp3) is 0.231. The van der Waals surface area contributed by atoms with Gasteiger partial charge in [0, 0.05) is 9.92 Å². The molecule has 0 atom stereocenters. The van der Waals surface area contributed by atoms with E-state index in [1.165, 1.54) is 11.8 Å². The van der Waals surface area contributed by atoms with E-state index >= 15 is 0 Å². The molecule has 4 nitrogen and oxygen atoms in total. The molecule has 2 aromatic rings. The van der Waals surface area contributed by atoms with Gasteiger partial charge in [0.25, 0.3) is 5.91 Å². The molecule has 2 rings (SSSR count). The van der Waals surface area contributed by atoms with Crippen molar-refractivity contribution in [1.82, 2.24) is 5.16 Å². The van der Waals surface area contributed by atoms with Crippen LogP contribution in [0, 0.1) is 13.8 Å². The molecule has 0 spiro atoms. The number of halogens is 1. The Bertz CT molecular complexity index is 606. The molecule has 1 heterocycles. The summed E-state index contributed by atoms with van der Waals surface area (Å²) in [4.78, 5) is 13.2. The molecule has 1 aromatic carbocycles. The molecule has 0 saturated heterocycles. The second kappa shape index (κ2) is 5.67. The number of hydrogen-bond acceptors (Lipinski definition) is 4. The quantitative estimate of drug-likeness (QED) is 0.872. The number of anilines is 1. The minimum atomic E-state index is -0.242. The van der Waals surface area contributed by atoms with Crippen molar-refractivity contribution in [2.75, 3.05) is 11.6 Å². The van der Waals surface area contributed by atoms with E-state index in [2.05, 4.69) is 10.5 Å². The number of carbonyl (C=O) groups is 1. The van der Waals surface area contributed by atoms with Crippen molar-refractivity contribution < 1.29 is 9.32 Å². The summed E-state index contributed by atoms with van der Waals surface area (Å²) >= 11 is 7.49. The molecule has 19 heavy (non-hydrogen) atoms. The highest BCUT2D eigenvalue weighted by molar-refractivity contribution is 7.98. The van der Waals surface area contributed by atoms with Gasteiger partial charge in [0.05, 0.1) is 11.4 Å². The molecule has 1 aromatic heterocycles. The second-order valence-electron chi connectivity index (χ2n) is 4.00. The number of amides is 1. The molecule has 0 aliphatic carbocycles. The Morgan fingerprint density at radius 3 is 2.74 bits per heavy atom. The topological polar surface area (TPSA) is 55.1 Å². The first-order chi connectivity index (χ1) is 9.02. The smallest absolute Gasteiger partial charge is 0.261 e. The molecule has 0 unspecified atom stereocenters. The summed E-state index contributed by atoms with van der Waals surface area (Å²) in [5, 5.41) is 7.19. The van der Waals surface area contributed by atoms with E-state index < -0.39 is 0 Å². The molecule has 1 N–H and O–H groups in total. The van der Waals surface area contributed by atoms with Gasteiger partial charge < -0.3 is 9.84 Å². The van der Waals surface area contributed by atoms with Crippen molar-refractivity contribution in [3.05, 3.63) is 40.2 Å². The Morgan fingerprint density at radius 1 is 1.42 bits per heavy atom. The lowest BCUT2D eigenvalue weighted by molar-refractivity contribution is 0.102. The van der Waals surface area contributed by atoms with Gasteiger partial charge in [-0.25, -0.2) is 0 Å². The number of hydrogen-bond donors (Lipinski definition) is 1. The van der Waals surface area contributed by atoms with Crippen LogP contribution in [0.3, 0.4) is 0 Å². The highest BCUT2D eigenvalue weighted by atomic mass is 35.5. The number of carbonyl (C=O) groups excluding carboxylic acids is 1. The van der Waals surface area contributed by atoms with Crippen LogP contribution in [0.15, 0.2) is 27.6 Å². The summed E-state index contributed by atoms with van der Waals surface area (Å²) in [5.74, 6) is 0.261. The van der Waals surface area contributed by atoms with Gasteiger partial charge in [0.15, 0.2) is 0 Å². The molecule has 100 valence electrons. The third kappa shape index (κ3) is 2.93. The molecular formula is C13H13ClN2O2S. The first-order valence-electron chi connectivity index (χ1n) is 5.60. The maximum absolute atomic E-state index is 12.2. The normalized spacial score (nSPS) is 10.5. The lowest BCUT2D eigenvalue weighted by Crippen LogP contribution is -2.14. The van der Waals surface area contributed by atoms with Crippen LogP contribution in [0.1, 0.15) is 21.8 Å². The van der Waals surface area contributed by atoms with E-state index in [0.717, 1.165) is 4.90 Å².